The number of hydrogen-bond acceptors (Lipinski definition) is 3. The molecule has 0 aromatic heterocycles. The zero-order valence-electron chi connectivity index (χ0n) is 10.1. The molecule has 94 valence electrons. The molecule has 1 aliphatic heterocycles. The summed E-state index contributed by atoms with van der Waals surface area (Å²) in [5.41, 5.74) is 0.759. The molecule has 17 heavy (non-hydrogen) atoms. The lowest BCUT2D eigenvalue weighted by Gasteiger charge is -2.27. The highest BCUT2D eigenvalue weighted by atomic mass is 35.5. The van der Waals surface area contributed by atoms with Gasteiger partial charge in [-0.1, -0.05) is 31.5 Å². The molecule has 1 heterocycles. The Bertz CT molecular complexity index is 402. The van der Waals surface area contributed by atoms with E-state index in [1.54, 1.807) is 0 Å². The molecule has 1 N–H and O–H groups in total. The van der Waals surface area contributed by atoms with Gasteiger partial charge in [0, 0.05) is 16.9 Å². The van der Waals surface area contributed by atoms with Gasteiger partial charge in [-0.15, -0.1) is 0 Å². The van der Waals surface area contributed by atoms with Gasteiger partial charge < -0.3 is 9.84 Å². The van der Waals surface area contributed by atoms with Gasteiger partial charge in [0.2, 0.25) is 0 Å². The van der Waals surface area contributed by atoms with Crippen LogP contribution in [-0.4, -0.2) is 29.3 Å². The van der Waals surface area contributed by atoms with E-state index in [0.717, 1.165) is 22.8 Å². The first kappa shape index (κ1) is 13.1. The van der Waals surface area contributed by atoms with Crippen molar-refractivity contribution in [3.8, 4) is 5.75 Å². The molecule has 0 atom stereocenters. The second-order valence-electron chi connectivity index (χ2n) is 4.96. The third-order valence-corrected chi connectivity index (χ3v) is 4.52. The van der Waals surface area contributed by atoms with Gasteiger partial charge in [0.05, 0.1) is 11.6 Å². The standard InChI is InChI=1S/C13H17ClO2S/c1-13(2,8-15)9-3-4-12(11(14)5-9)16-10-6-17-7-10/h3-5,10,15H,6-8H2,1-2H3. The maximum Gasteiger partial charge on any atom is 0.138 e. The Morgan fingerprint density at radius 3 is 2.65 bits per heavy atom. The molecule has 0 bridgehead atoms. The van der Waals surface area contributed by atoms with Crippen molar-refractivity contribution in [3.63, 3.8) is 0 Å². The summed E-state index contributed by atoms with van der Waals surface area (Å²) in [6.07, 6.45) is 0.300. The topological polar surface area (TPSA) is 29.5 Å². The first-order chi connectivity index (χ1) is 8.03. The number of aliphatic hydroxyl groups is 1. The first-order valence-electron chi connectivity index (χ1n) is 5.68. The smallest absolute Gasteiger partial charge is 0.138 e. The predicted octanol–water partition coefficient (Wildman–Crippen LogP) is 3.10. The quantitative estimate of drug-likeness (QED) is 0.913. The van der Waals surface area contributed by atoms with Crippen molar-refractivity contribution in [1.82, 2.24) is 0 Å². The van der Waals surface area contributed by atoms with E-state index in [1.165, 1.54) is 0 Å². The zero-order chi connectivity index (χ0) is 12.5. The third-order valence-electron chi connectivity index (χ3n) is 3.01. The Morgan fingerprint density at radius 1 is 1.47 bits per heavy atom. The van der Waals surface area contributed by atoms with Crippen LogP contribution in [0.25, 0.3) is 0 Å². The molecule has 1 aliphatic rings. The molecule has 1 fully saturated rings. The summed E-state index contributed by atoms with van der Waals surface area (Å²) < 4.78 is 5.77. The molecular formula is C13H17ClO2S. The van der Waals surface area contributed by atoms with Crippen molar-refractivity contribution < 1.29 is 9.84 Å². The highest BCUT2D eigenvalue weighted by Gasteiger charge is 2.23. The van der Waals surface area contributed by atoms with Crippen LogP contribution in [-0.2, 0) is 5.41 Å². The van der Waals surface area contributed by atoms with Crippen LogP contribution >= 0.6 is 23.4 Å². The van der Waals surface area contributed by atoms with Crippen LogP contribution in [0.15, 0.2) is 18.2 Å². The lowest BCUT2D eigenvalue weighted by molar-refractivity contribution is 0.218. The molecule has 1 saturated heterocycles. The molecule has 0 spiro atoms. The Kier molecular flexibility index (Phi) is 3.91. The van der Waals surface area contributed by atoms with E-state index in [1.807, 2.05) is 43.8 Å². The van der Waals surface area contributed by atoms with Gasteiger partial charge in [-0.3, -0.25) is 0 Å². The largest absolute Gasteiger partial charge is 0.487 e. The van der Waals surface area contributed by atoms with Gasteiger partial charge in [-0.05, 0) is 17.7 Å². The zero-order valence-corrected chi connectivity index (χ0v) is 11.6. The van der Waals surface area contributed by atoms with Gasteiger partial charge in [-0.25, -0.2) is 0 Å². The van der Waals surface area contributed by atoms with Crippen LogP contribution < -0.4 is 4.74 Å². The fourth-order valence-electron chi connectivity index (χ4n) is 1.57. The second kappa shape index (κ2) is 5.09. The maximum atomic E-state index is 9.32. The van der Waals surface area contributed by atoms with Crippen LogP contribution in [0.1, 0.15) is 19.4 Å². The minimum atomic E-state index is -0.269. The average Bonchev–Trinajstić information content (AvgIpc) is 2.25. The van der Waals surface area contributed by atoms with E-state index in [9.17, 15) is 5.11 Å². The molecule has 0 amide bonds. The predicted molar refractivity (Wildman–Crippen MR) is 73.3 cm³/mol. The number of hydrogen-bond donors (Lipinski definition) is 1. The second-order valence-corrected chi connectivity index (χ2v) is 6.45. The molecule has 2 nitrogen and oxygen atoms in total. The van der Waals surface area contributed by atoms with Gasteiger partial charge in [0.15, 0.2) is 0 Å². The Morgan fingerprint density at radius 2 is 2.18 bits per heavy atom. The molecule has 0 saturated carbocycles. The number of ether oxygens (including phenoxy) is 1. The van der Waals surface area contributed by atoms with Gasteiger partial charge in [0.1, 0.15) is 11.9 Å². The highest BCUT2D eigenvalue weighted by Crippen LogP contribution is 2.33. The number of rotatable bonds is 4. The van der Waals surface area contributed by atoms with Crippen LogP contribution in [0.5, 0.6) is 5.75 Å². The van der Waals surface area contributed by atoms with E-state index in [2.05, 4.69) is 0 Å². The van der Waals surface area contributed by atoms with E-state index in [0.29, 0.717) is 11.1 Å². The number of benzene rings is 1. The molecule has 0 aliphatic carbocycles. The fourth-order valence-corrected chi connectivity index (χ4v) is 2.36. The minimum absolute atomic E-state index is 0.1000. The van der Waals surface area contributed by atoms with Crippen molar-refractivity contribution in [1.29, 1.82) is 0 Å². The highest BCUT2D eigenvalue weighted by molar-refractivity contribution is 8.00. The van der Waals surface area contributed by atoms with Gasteiger partial charge >= 0.3 is 0 Å². The molecule has 0 radical (unpaired) electrons. The number of thioether (sulfide) groups is 1. The van der Waals surface area contributed by atoms with Crippen molar-refractivity contribution in [2.75, 3.05) is 18.1 Å². The fraction of sp³-hybridized carbons (Fsp3) is 0.538. The molecular weight excluding hydrogens is 256 g/mol. The Hall–Kier alpha value is -0.380. The summed E-state index contributed by atoms with van der Waals surface area (Å²) in [6.45, 7) is 4.08. The third kappa shape index (κ3) is 2.90. The summed E-state index contributed by atoms with van der Waals surface area (Å²) in [5, 5.41) is 9.95. The van der Waals surface area contributed by atoms with Crippen molar-refractivity contribution in [3.05, 3.63) is 28.8 Å². The number of aliphatic hydroxyl groups excluding tert-OH is 1. The van der Waals surface area contributed by atoms with Crippen molar-refractivity contribution in [2.45, 2.75) is 25.4 Å². The number of halogens is 1. The van der Waals surface area contributed by atoms with E-state index in [-0.39, 0.29) is 12.0 Å². The molecule has 0 unspecified atom stereocenters. The SMILES string of the molecule is CC(C)(CO)c1ccc(OC2CSC2)c(Cl)c1. The molecule has 1 aromatic rings. The average molecular weight is 273 g/mol. The van der Waals surface area contributed by atoms with Crippen molar-refractivity contribution in [2.24, 2.45) is 0 Å². The van der Waals surface area contributed by atoms with E-state index in [4.69, 9.17) is 16.3 Å². The summed E-state index contributed by atoms with van der Waals surface area (Å²) in [6, 6.07) is 5.76. The van der Waals surface area contributed by atoms with Crippen molar-refractivity contribution >= 4 is 23.4 Å². The minimum Gasteiger partial charge on any atom is -0.487 e. The first-order valence-corrected chi connectivity index (χ1v) is 7.21. The van der Waals surface area contributed by atoms with E-state index < -0.39 is 0 Å². The molecule has 2 rings (SSSR count). The molecule has 4 heteroatoms. The molecule has 1 aromatic carbocycles. The Balaban J connectivity index is 2.16. The van der Waals surface area contributed by atoms with Gasteiger partial charge in [0.25, 0.3) is 0 Å². The van der Waals surface area contributed by atoms with E-state index >= 15 is 0 Å². The van der Waals surface area contributed by atoms with Crippen LogP contribution in [0.2, 0.25) is 5.02 Å². The van der Waals surface area contributed by atoms with Crippen LogP contribution in [0.3, 0.4) is 0 Å². The van der Waals surface area contributed by atoms with Gasteiger partial charge in [-0.2, -0.15) is 11.8 Å². The summed E-state index contributed by atoms with van der Waals surface area (Å²) in [4.78, 5) is 0. The lowest BCUT2D eigenvalue weighted by atomic mass is 9.86. The van der Waals surface area contributed by atoms with Crippen LogP contribution in [0.4, 0.5) is 0 Å². The van der Waals surface area contributed by atoms with Crippen LogP contribution in [0, 0.1) is 0 Å². The monoisotopic (exact) mass is 272 g/mol. The maximum absolute atomic E-state index is 9.32. The summed E-state index contributed by atoms with van der Waals surface area (Å²) >= 11 is 8.08. The summed E-state index contributed by atoms with van der Waals surface area (Å²) in [7, 11) is 0. The Labute approximate surface area is 111 Å². The summed E-state index contributed by atoms with van der Waals surface area (Å²) in [5.74, 6) is 2.83. The lowest BCUT2D eigenvalue weighted by Crippen LogP contribution is -2.31. The normalized spacial score (nSPS) is 16.7.